The molecule has 0 aliphatic carbocycles. The zero-order valence-electron chi connectivity index (χ0n) is 23.2. The molecule has 44 heavy (non-hydrogen) atoms. The maximum atomic E-state index is 13.2. The van der Waals surface area contributed by atoms with Gasteiger partial charge in [0.2, 0.25) is 12.0 Å². The number of oxime groups is 1. The predicted molar refractivity (Wildman–Crippen MR) is 159 cm³/mol. The average molecular weight is 668 g/mol. The van der Waals surface area contributed by atoms with Gasteiger partial charge in [-0.1, -0.05) is 28.1 Å². The number of carboxylic acids is 2. The third-order valence-electron chi connectivity index (χ3n) is 6.28. The molecule has 8 N–H and O–H groups in total. The first-order chi connectivity index (χ1) is 20.8. The number of carbonyl (C=O) groups is 5. The third-order valence-corrected chi connectivity index (χ3v) is 8.71. The SMILES string of the molecule is C[C@H](N)CC(=O)Nc1cc[n+](CC2=C(C(=O)O)N3C(=O)[C@@H](NC(=O)/C(=N\O[C@@H](C)C(=O)O)c4nc(N)sc4Cl)[C@H]3SC2)cc1. The lowest BCUT2D eigenvalue weighted by Gasteiger charge is -2.49. The van der Waals surface area contributed by atoms with Crippen molar-refractivity contribution in [2.24, 2.45) is 10.9 Å². The van der Waals surface area contributed by atoms with Crippen molar-refractivity contribution >= 4 is 80.9 Å². The van der Waals surface area contributed by atoms with E-state index in [9.17, 15) is 29.1 Å². The number of aliphatic carboxylic acids is 2. The van der Waals surface area contributed by atoms with E-state index in [1.807, 2.05) is 0 Å². The molecule has 0 saturated carbocycles. The van der Waals surface area contributed by atoms with Gasteiger partial charge >= 0.3 is 11.9 Å². The van der Waals surface area contributed by atoms with Crippen LogP contribution in [0.15, 0.2) is 41.0 Å². The summed E-state index contributed by atoms with van der Waals surface area (Å²) in [6.07, 6.45) is 2.07. The molecule has 4 atom stereocenters. The quantitative estimate of drug-likeness (QED) is 0.0757. The lowest BCUT2D eigenvalue weighted by molar-refractivity contribution is -0.688. The molecule has 19 heteroatoms. The summed E-state index contributed by atoms with van der Waals surface area (Å²) in [4.78, 5) is 71.8. The van der Waals surface area contributed by atoms with Gasteiger partial charge in [-0.3, -0.25) is 19.3 Å². The van der Waals surface area contributed by atoms with E-state index < -0.39 is 47.0 Å². The molecule has 0 spiro atoms. The zero-order valence-corrected chi connectivity index (χ0v) is 25.6. The Morgan fingerprint density at radius 1 is 1.27 bits per heavy atom. The van der Waals surface area contributed by atoms with Gasteiger partial charge in [0.15, 0.2) is 29.8 Å². The highest BCUT2D eigenvalue weighted by Gasteiger charge is 2.55. The van der Waals surface area contributed by atoms with Crippen LogP contribution < -0.4 is 26.7 Å². The van der Waals surface area contributed by atoms with E-state index in [-0.39, 0.29) is 51.5 Å². The molecule has 16 nitrogen and oxygen atoms in total. The lowest BCUT2D eigenvalue weighted by atomic mass is 10.0. The topological polar surface area (TPSA) is 244 Å². The van der Waals surface area contributed by atoms with E-state index in [2.05, 4.69) is 20.8 Å². The number of rotatable bonds is 12. The standard InChI is InChI=1S/C25H27ClN8O8S2/c1-10(27)7-14(35)29-13-3-5-33(6-4-13)8-12-9-43-22-17(21(37)34(22)18(12)24(40)41)30-20(36)16(32-42-11(2)23(38)39)15-19(26)44-25(28)31-15/h3-6,10-11,17,22H,7-9,27H2,1-2H3,(H5,28,30,31,36,38,39,40,41)/p+1/b32-16-/t10-,11-,17+,22+/m0/s1. The summed E-state index contributed by atoms with van der Waals surface area (Å²) < 4.78 is 1.68. The molecule has 0 bridgehead atoms. The van der Waals surface area contributed by atoms with Crippen molar-refractivity contribution in [1.29, 1.82) is 0 Å². The molecule has 2 aromatic rings. The fourth-order valence-corrected chi connectivity index (χ4v) is 6.48. The van der Waals surface area contributed by atoms with Gasteiger partial charge < -0.3 is 37.2 Å². The number of carbonyl (C=O) groups excluding carboxylic acids is 3. The molecule has 2 aliphatic heterocycles. The van der Waals surface area contributed by atoms with Gasteiger partial charge in [0.05, 0.1) is 5.69 Å². The maximum Gasteiger partial charge on any atom is 0.352 e. The van der Waals surface area contributed by atoms with Gasteiger partial charge in [-0.15, -0.1) is 11.8 Å². The number of hydrogen-bond acceptors (Lipinski definition) is 12. The first kappa shape index (κ1) is 32.6. The molecule has 0 radical (unpaired) electrons. The summed E-state index contributed by atoms with van der Waals surface area (Å²) in [6.45, 7) is 3.06. The molecule has 4 rings (SSSR count). The molecule has 4 heterocycles. The Morgan fingerprint density at radius 2 is 1.95 bits per heavy atom. The average Bonchev–Trinajstić information content (AvgIpc) is 3.28. The Balaban J connectivity index is 1.49. The van der Waals surface area contributed by atoms with Crippen LogP contribution in [0.2, 0.25) is 4.34 Å². The highest BCUT2D eigenvalue weighted by molar-refractivity contribution is 8.00. The van der Waals surface area contributed by atoms with E-state index in [4.69, 9.17) is 33.0 Å². The second kappa shape index (κ2) is 13.6. The van der Waals surface area contributed by atoms with Crippen LogP contribution in [0, 0.1) is 0 Å². The number of anilines is 2. The monoisotopic (exact) mass is 667 g/mol. The predicted octanol–water partition coefficient (Wildman–Crippen LogP) is -0.0254. The molecular weight excluding hydrogens is 640 g/mol. The summed E-state index contributed by atoms with van der Waals surface area (Å²) in [5, 5.41) is 27.2. The fraction of sp³-hybridized carbons (Fsp3) is 0.360. The van der Waals surface area contributed by atoms with E-state index in [0.717, 1.165) is 16.2 Å². The highest BCUT2D eigenvalue weighted by atomic mass is 35.5. The largest absolute Gasteiger partial charge is 0.478 e. The number of hydrogen-bond donors (Lipinski definition) is 6. The van der Waals surface area contributed by atoms with Gasteiger partial charge in [-0.2, -0.15) is 0 Å². The van der Waals surface area contributed by atoms with Crippen LogP contribution in [0.4, 0.5) is 10.8 Å². The normalized spacial score (nSPS) is 19.4. The summed E-state index contributed by atoms with van der Waals surface area (Å²) >= 11 is 8.23. The Morgan fingerprint density at radius 3 is 2.52 bits per heavy atom. The number of pyridine rings is 1. The number of nitrogens with one attached hydrogen (secondary N) is 2. The van der Waals surface area contributed by atoms with Crippen LogP contribution in [-0.4, -0.2) is 84.8 Å². The second-order valence-electron chi connectivity index (χ2n) is 9.81. The Bertz CT molecular complexity index is 1560. The minimum absolute atomic E-state index is 0.00720. The summed E-state index contributed by atoms with van der Waals surface area (Å²) in [7, 11) is 0. The number of thioether (sulfide) groups is 1. The van der Waals surface area contributed by atoms with Gasteiger partial charge in [0.1, 0.15) is 27.1 Å². The first-order valence-corrected chi connectivity index (χ1v) is 15.1. The molecule has 0 aromatic carbocycles. The van der Waals surface area contributed by atoms with Crippen LogP contribution in [0.3, 0.4) is 0 Å². The van der Waals surface area contributed by atoms with Gasteiger partial charge in [-0.25, -0.2) is 19.1 Å². The smallest absolute Gasteiger partial charge is 0.352 e. The molecule has 2 aliphatic rings. The number of nitrogen functional groups attached to an aromatic ring is 1. The summed E-state index contributed by atoms with van der Waals surface area (Å²) in [5.41, 5.74) is 11.4. The Kier molecular flexibility index (Phi) is 10.1. The van der Waals surface area contributed by atoms with Crippen molar-refractivity contribution < 1.29 is 43.6 Å². The van der Waals surface area contributed by atoms with Crippen molar-refractivity contribution in [1.82, 2.24) is 15.2 Å². The maximum absolute atomic E-state index is 13.2. The Hall–Kier alpha value is -4.26. The van der Waals surface area contributed by atoms with E-state index in [0.29, 0.717) is 11.3 Å². The van der Waals surface area contributed by atoms with Crippen LogP contribution in [0.5, 0.6) is 0 Å². The third kappa shape index (κ3) is 7.26. The van der Waals surface area contributed by atoms with Crippen LogP contribution in [0.25, 0.3) is 0 Å². The summed E-state index contributed by atoms with van der Waals surface area (Å²) in [6, 6.07) is 1.89. The minimum atomic E-state index is -1.42. The number of halogens is 1. The number of carboxylic acid groups (broad SMARTS) is 2. The molecule has 1 fully saturated rings. The van der Waals surface area contributed by atoms with Gasteiger partial charge in [0.25, 0.3) is 11.8 Å². The molecule has 234 valence electrons. The highest BCUT2D eigenvalue weighted by Crippen LogP contribution is 2.40. The van der Waals surface area contributed by atoms with E-state index in [1.165, 1.54) is 18.7 Å². The second-order valence-corrected chi connectivity index (χ2v) is 12.5. The minimum Gasteiger partial charge on any atom is -0.478 e. The van der Waals surface area contributed by atoms with Crippen molar-refractivity contribution in [2.45, 2.75) is 50.4 Å². The van der Waals surface area contributed by atoms with Crippen LogP contribution >= 0.6 is 34.7 Å². The summed E-state index contributed by atoms with van der Waals surface area (Å²) in [5.74, 6) is -4.29. The molecule has 2 aromatic heterocycles. The zero-order chi connectivity index (χ0) is 32.3. The number of nitrogens with zero attached hydrogens (tertiary/aromatic N) is 4. The number of amides is 3. The van der Waals surface area contributed by atoms with Gasteiger partial charge in [0, 0.05) is 35.9 Å². The van der Waals surface area contributed by atoms with Crippen molar-refractivity contribution in [2.75, 3.05) is 16.8 Å². The molecule has 3 amide bonds. The molecular formula is C25H28ClN8O8S2+. The lowest BCUT2D eigenvalue weighted by Crippen LogP contribution is -2.71. The molecule has 1 saturated heterocycles. The van der Waals surface area contributed by atoms with Crippen LogP contribution in [-0.2, 0) is 35.4 Å². The number of thiazole rings is 1. The van der Waals surface area contributed by atoms with E-state index >= 15 is 0 Å². The first-order valence-electron chi connectivity index (χ1n) is 12.9. The van der Waals surface area contributed by atoms with Crippen LogP contribution in [0.1, 0.15) is 26.0 Å². The van der Waals surface area contributed by atoms with Crippen molar-refractivity contribution in [3.63, 3.8) is 0 Å². The fourth-order valence-electron chi connectivity index (χ4n) is 4.22. The van der Waals surface area contributed by atoms with Crippen molar-refractivity contribution in [3.05, 3.63) is 45.8 Å². The number of fused-ring (bicyclic) bond motifs is 1. The van der Waals surface area contributed by atoms with Gasteiger partial charge in [-0.05, 0) is 13.8 Å². The number of nitrogens with two attached hydrogens (primary N) is 2. The number of β-lactam (4-membered cyclic amide) rings is 1. The van der Waals surface area contributed by atoms with Crippen molar-refractivity contribution in [3.8, 4) is 0 Å². The molecule has 0 unspecified atom stereocenters. The Labute approximate surface area is 263 Å². The van der Waals surface area contributed by atoms with E-state index in [1.54, 1.807) is 36.0 Å². The number of aromatic nitrogens is 2.